The maximum atomic E-state index is 13.2. The normalized spacial score (nSPS) is 13.1. The Kier molecular flexibility index (Phi) is 40.9. The topological polar surface area (TPSA) is 161 Å². The summed E-state index contributed by atoms with van der Waals surface area (Å²) in [6.07, 6.45) is 43.0. The Hall–Kier alpha value is -4.09. The smallest absolute Gasteiger partial charge is 0.342 e. The van der Waals surface area contributed by atoms with Crippen molar-refractivity contribution in [3.63, 3.8) is 0 Å². The molecular formula is C66H112O12. The fraction of sp³-hybridized carbons (Fsp3) is 0.803. The lowest BCUT2D eigenvalue weighted by atomic mass is 9.94. The largest absolute Gasteiger partial charge is 0.507 e. The van der Waals surface area contributed by atoms with Crippen molar-refractivity contribution in [3.8, 4) is 11.5 Å². The number of cyclic esters (lactones) is 1. The molecule has 2 rings (SSSR count). The molecule has 0 saturated heterocycles. The van der Waals surface area contributed by atoms with Crippen LogP contribution in [0.4, 0.5) is 0 Å². The van der Waals surface area contributed by atoms with E-state index < -0.39 is 12.1 Å². The Morgan fingerprint density at radius 1 is 0.564 bits per heavy atom. The summed E-state index contributed by atoms with van der Waals surface area (Å²) >= 11 is 0. The molecule has 1 N–H and O–H groups in total. The van der Waals surface area contributed by atoms with Gasteiger partial charge in [0.2, 0.25) is 0 Å². The van der Waals surface area contributed by atoms with E-state index in [1.54, 1.807) is 7.11 Å². The van der Waals surface area contributed by atoms with Crippen molar-refractivity contribution in [1.29, 1.82) is 0 Å². The molecular weight excluding hydrogens is 985 g/mol. The average Bonchev–Trinajstić information content (AvgIpc) is 3.84. The Labute approximate surface area is 474 Å². The summed E-state index contributed by atoms with van der Waals surface area (Å²) < 4.78 is 33.4. The van der Waals surface area contributed by atoms with Crippen LogP contribution in [0, 0.1) is 12.8 Å². The summed E-state index contributed by atoms with van der Waals surface area (Å²) in [4.78, 5) is 63.5. The Morgan fingerprint density at radius 3 is 1.46 bits per heavy atom. The van der Waals surface area contributed by atoms with Crippen LogP contribution in [0.15, 0.2) is 11.6 Å². The first-order valence-electron chi connectivity index (χ1n) is 31.7. The first-order valence-corrected chi connectivity index (χ1v) is 31.7. The summed E-state index contributed by atoms with van der Waals surface area (Å²) in [6.45, 7) is 12.2. The number of phenolic OH excluding ortho intramolecular Hbond substituents is 1. The molecule has 12 nitrogen and oxygen atoms in total. The first-order chi connectivity index (χ1) is 37.8. The maximum absolute atomic E-state index is 13.2. The quantitative estimate of drug-likeness (QED) is 0.0285. The van der Waals surface area contributed by atoms with E-state index in [4.69, 9.17) is 28.4 Å². The molecule has 78 heavy (non-hydrogen) atoms. The van der Waals surface area contributed by atoms with Gasteiger partial charge in [0.15, 0.2) is 6.10 Å². The Balaban J connectivity index is 1.65. The third kappa shape index (κ3) is 33.5. The number of allylic oxidation sites excluding steroid dienone is 2. The molecule has 0 fully saturated rings. The number of carbonyl (C=O) groups excluding carboxylic acids is 5. The number of benzene rings is 1. The highest BCUT2D eigenvalue weighted by Gasteiger charge is 2.32. The average molecular weight is 1100 g/mol. The molecule has 448 valence electrons. The second kappa shape index (κ2) is 45.6. The van der Waals surface area contributed by atoms with Gasteiger partial charge in [-0.1, -0.05) is 225 Å². The predicted molar refractivity (Wildman–Crippen MR) is 314 cm³/mol. The molecule has 1 aromatic carbocycles. The molecule has 2 atom stereocenters. The third-order valence-corrected chi connectivity index (χ3v) is 15.6. The lowest BCUT2D eigenvalue weighted by Crippen LogP contribution is -2.31. The van der Waals surface area contributed by atoms with E-state index >= 15 is 0 Å². The molecule has 0 amide bonds. The van der Waals surface area contributed by atoms with Crippen LogP contribution in [-0.4, -0.2) is 67.5 Å². The predicted octanol–water partition coefficient (Wildman–Crippen LogP) is 17.7. The number of esters is 5. The van der Waals surface area contributed by atoms with Crippen LogP contribution in [-0.2, 0) is 55.9 Å². The molecule has 1 heterocycles. The van der Waals surface area contributed by atoms with Gasteiger partial charge < -0.3 is 33.5 Å². The van der Waals surface area contributed by atoms with Gasteiger partial charge >= 0.3 is 29.8 Å². The van der Waals surface area contributed by atoms with E-state index in [0.29, 0.717) is 42.6 Å². The van der Waals surface area contributed by atoms with Gasteiger partial charge in [-0.25, -0.2) is 4.79 Å². The summed E-state index contributed by atoms with van der Waals surface area (Å²) in [7, 11) is 1.54. The molecule has 1 aliphatic rings. The third-order valence-electron chi connectivity index (χ3n) is 15.6. The number of carbonyl (C=O) groups is 5. The summed E-state index contributed by atoms with van der Waals surface area (Å²) in [5, 5.41) is 10.9. The second-order valence-electron chi connectivity index (χ2n) is 22.9. The molecule has 0 aliphatic carbocycles. The summed E-state index contributed by atoms with van der Waals surface area (Å²) in [5.74, 6) is -1.20. The molecule has 0 radical (unpaired) electrons. The monoisotopic (exact) mass is 1100 g/mol. The Morgan fingerprint density at radius 2 is 1.00 bits per heavy atom. The number of hydrogen-bond donors (Lipinski definition) is 1. The first kappa shape index (κ1) is 70.0. The van der Waals surface area contributed by atoms with Gasteiger partial charge in [0.1, 0.15) is 36.9 Å². The second-order valence-corrected chi connectivity index (χ2v) is 22.9. The standard InChI is InChI=1S/C66H112O12/c1-8-10-12-14-16-18-20-22-24-26-28-34-38-42-59(67)74-49-56(50-75-60(68)43-39-35-29-27-25-23-21-19-17-15-13-11-9-2)78-62(70)48-53(4)40-36-32-30-31-33-37-41-54(5)77-61(69)47-45-52(3)44-46-57-64(71)63-58(51-76-66(63)72)55(6)65(57)73-7/h44,53-54,56,71H,8-43,45-51H2,1-7H3/b52-44+. The molecule has 0 saturated carbocycles. The minimum Gasteiger partial charge on any atom is -0.507 e. The van der Waals surface area contributed by atoms with Crippen molar-refractivity contribution < 1.29 is 57.5 Å². The van der Waals surface area contributed by atoms with E-state index in [-0.39, 0.29) is 79.9 Å². The number of aromatic hydroxyl groups is 1. The molecule has 0 aromatic heterocycles. The van der Waals surface area contributed by atoms with Crippen LogP contribution in [0.2, 0.25) is 0 Å². The number of methoxy groups -OCH3 is 1. The van der Waals surface area contributed by atoms with Crippen molar-refractivity contribution in [3.05, 3.63) is 33.9 Å². The van der Waals surface area contributed by atoms with Crippen molar-refractivity contribution in [2.24, 2.45) is 5.92 Å². The van der Waals surface area contributed by atoms with Crippen LogP contribution in [0.5, 0.6) is 11.5 Å². The molecule has 12 heteroatoms. The number of rotatable bonds is 51. The summed E-state index contributed by atoms with van der Waals surface area (Å²) in [6, 6.07) is 0. The molecule has 1 aromatic rings. The Bertz CT molecular complexity index is 1770. The summed E-state index contributed by atoms with van der Waals surface area (Å²) in [5.41, 5.74) is 3.14. The lowest BCUT2D eigenvalue weighted by Gasteiger charge is -2.19. The van der Waals surface area contributed by atoms with Gasteiger partial charge in [0, 0.05) is 36.8 Å². The zero-order valence-corrected chi connectivity index (χ0v) is 50.7. The zero-order chi connectivity index (χ0) is 57.0. The van der Waals surface area contributed by atoms with Crippen molar-refractivity contribution in [2.75, 3.05) is 20.3 Å². The van der Waals surface area contributed by atoms with E-state index in [0.717, 1.165) is 101 Å². The highest BCUT2D eigenvalue weighted by atomic mass is 16.6. The highest BCUT2D eigenvalue weighted by molar-refractivity contribution is 5.98. The minimum atomic E-state index is -0.835. The van der Waals surface area contributed by atoms with Crippen LogP contribution < -0.4 is 4.74 Å². The SMILES string of the molecule is CCCCCCCCCCCCCCCC(=O)OCC(COC(=O)CCCCCCCCCCCCCCC)OC(=O)CC(C)CCCCCCCCC(C)OC(=O)CC/C(C)=C/Cc1c(O)c2c(c(C)c1OC)COC2=O. The van der Waals surface area contributed by atoms with Gasteiger partial charge in [0.25, 0.3) is 0 Å². The number of hydrogen-bond acceptors (Lipinski definition) is 12. The van der Waals surface area contributed by atoms with Crippen molar-refractivity contribution in [2.45, 2.75) is 317 Å². The van der Waals surface area contributed by atoms with Gasteiger partial charge in [-0.05, 0) is 70.8 Å². The zero-order valence-electron chi connectivity index (χ0n) is 50.7. The van der Waals surface area contributed by atoms with E-state index in [1.165, 1.54) is 128 Å². The van der Waals surface area contributed by atoms with Crippen LogP contribution in [0.3, 0.4) is 0 Å². The lowest BCUT2D eigenvalue weighted by molar-refractivity contribution is -0.167. The van der Waals surface area contributed by atoms with E-state index in [2.05, 4.69) is 20.8 Å². The molecule has 1 aliphatic heterocycles. The number of ether oxygens (including phenoxy) is 6. The maximum Gasteiger partial charge on any atom is 0.342 e. The van der Waals surface area contributed by atoms with Crippen LogP contribution in [0.25, 0.3) is 0 Å². The van der Waals surface area contributed by atoms with E-state index in [1.807, 2.05) is 26.8 Å². The van der Waals surface area contributed by atoms with Crippen molar-refractivity contribution in [1.82, 2.24) is 0 Å². The van der Waals surface area contributed by atoms with Crippen molar-refractivity contribution >= 4 is 29.8 Å². The number of unbranched alkanes of at least 4 members (excludes halogenated alkanes) is 29. The number of phenols is 1. The fourth-order valence-electron chi connectivity index (χ4n) is 10.5. The van der Waals surface area contributed by atoms with Gasteiger partial charge in [-0.3, -0.25) is 19.2 Å². The van der Waals surface area contributed by atoms with Gasteiger partial charge in [-0.15, -0.1) is 0 Å². The fourth-order valence-corrected chi connectivity index (χ4v) is 10.5. The van der Waals surface area contributed by atoms with Crippen LogP contribution in [0.1, 0.15) is 312 Å². The minimum absolute atomic E-state index is 0.110. The van der Waals surface area contributed by atoms with Gasteiger partial charge in [-0.2, -0.15) is 0 Å². The molecule has 2 unspecified atom stereocenters. The van der Waals surface area contributed by atoms with E-state index in [9.17, 15) is 29.1 Å². The van der Waals surface area contributed by atoms with Gasteiger partial charge in [0.05, 0.1) is 13.2 Å². The molecule has 0 bridgehead atoms. The number of fused-ring (bicyclic) bond motifs is 1. The van der Waals surface area contributed by atoms with Crippen LogP contribution >= 0.6 is 0 Å². The highest BCUT2D eigenvalue weighted by Crippen LogP contribution is 2.42. The molecule has 0 spiro atoms.